The Labute approximate surface area is 179 Å². The van der Waals surface area contributed by atoms with Crippen molar-refractivity contribution in [3.8, 4) is 0 Å². The quantitative estimate of drug-likeness (QED) is 0.618. The molecule has 5 nitrogen and oxygen atoms in total. The number of rotatable bonds is 8. The number of carbonyl (C=O) groups is 1. The molecule has 0 heterocycles. The van der Waals surface area contributed by atoms with Gasteiger partial charge in [-0.2, -0.15) is 0 Å². The molecular formula is C24H30N2O3S. The number of nitrogens with one attached hydrogen (secondary N) is 2. The van der Waals surface area contributed by atoms with E-state index < -0.39 is 15.4 Å². The lowest BCUT2D eigenvalue weighted by atomic mass is 9.92. The standard InChI is InChI=1S/C24H30N2O3S/c1-2-3-16-25-23(27)24(14-15-24)20-9-11-21(12-10-20)26-30(28,29)22-13-8-18-6-4-5-7-19(18)17-22/h8-13,17,26H,2-7,14-16H2,1H3,(H,25,27). The highest BCUT2D eigenvalue weighted by Crippen LogP contribution is 2.48. The van der Waals surface area contributed by atoms with Gasteiger partial charge in [-0.15, -0.1) is 0 Å². The van der Waals surface area contributed by atoms with E-state index >= 15 is 0 Å². The second kappa shape index (κ2) is 8.42. The zero-order valence-electron chi connectivity index (χ0n) is 17.5. The lowest BCUT2D eigenvalue weighted by Gasteiger charge is -2.18. The molecule has 2 aromatic carbocycles. The molecule has 2 aromatic rings. The van der Waals surface area contributed by atoms with Crippen molar-refractivity contribution in [1.29, 1.82) is 0 Å². The Hall–Kier alpha value is -2.34. The molecule has 2 aliphatic carbocycles. The van der Waals surface area contributed by atoms with E-state index in [0.717, 1.165) is 56.1 Å². The first-order valence-electron chi connectivity index (χ1n) is 11.0. The number of benzene rings is 2. The molecule has 0 saturated heterocycles. The van der Waals surface area contributed by atoms with Crippen LogP contribution in [0.25, 0.3) is 0 Å². The minimum Gasteiger partial charge on any atom is -0.355 e. The van der Waals surface area contributed by atoms with E-state index in [4.69, 9.17) is 0 Å². The molecule has 0 bridgehead atoms. The number of aryl methyl sites for hydroxylation is 2. The highest BCUT2D eigenvalue weighted by atomic mass is 32.2. The Morgan fingerprint density at radius 3 is 2.37 bits per heavy atom. The van der Waals surface area contributed by atoms with Crippen molar-refractivity contribution in [2.45, 2.75) is 68.6 Å². The molecule has 2 aliphatic rings. The summed E-state index contributed by atoms with van der Waals surface area (Å²) in [4.78, 5) is 12.9. The highest BCUT2D eigenvalue weighted by Gasteiger charge is 2.50. The molecule has 0 atom stereocenters. The number of sulfonamides is 1. The van der Waals surface area contributed by atoms with Gasteiger partial charge in [-0.05, 0) is 85.9 Å². The fourth-order valence-electron chi connectivity index (χ4n) is 4.27. The summed E-state index contributed by atoms with van der Waals surface area (Å²) < 4.78 is 28.4. The first kappa shape index (κ1) is 20.9. The van der Waals surface area contributed by atoms with Crippen molar-refractivity contribution >= 4 is 21.6 Å². The largest absolute Gasteiger partial charge is 0.355 e. The average molecular weight is 427 g/mol. The molecule has 0 aromatic heterocycles. The van der Waals surface area contributed by atoms with Gasteiger partial charge in [-0.3, -0.25) is 9.52 Å². The van der Waals surface area contributed by atoms with Crippen LogP contribution in [0.3, 0.4) is 0 Å². The van der Waals surface area contributed by atoms with Crippen LogP contribution in [-0.2, 0) is 33.1 Å². The first-order chi connectivity index (χ1) is 14.4. The van der Waals surface area contributed by atoms with Crippen LogP contribution >= 0.6 is 0 Å². The molecule has 6 heteroatoms. The van der Waals surface area contributed by atoms with E-state index in [1.807, 2.05) is 24.3 Å². The van der Waals surface area contributed by atoms with Gasteiger partial charge in [-0.1, -0.05) is 31.5 Å². The van der Waals surface area contributed by atoms with Gasteiger partial charge in [0, 0.05) is 12.2 Å². The number of hydrogen-bond donors (Lipinski definition) is 2. The van der Waals surface area contributed by atoms with Gasteiger partial charge in [0.05, 0.1) is 10.3 Å². The van der Waals surface area contributed by atoms with E-state index in [0.29, 0.717) is 17.1 Å². The zero-order valence-corrected chi connectivity index (χ0v) is 18.4. The van der Waals surface area contributed by atoms with Crippen LogP contribution in [0.2, 0.25) is 0 Å². The lowest BCUT2D eigenvalue weighted by molar-refractivity contribution is -0.123. The zero-order chi connectivity index (χ0) is 21.2. The van der Waals surface area contributed by atoms with Crippen molar-refractivity contribution in [2.75, 3.05) is 11.3 Å². The van der Waals surface area contributed by atoms with E-state index in [1.54, 1.807) is 18.2 Å². The van der Waals surface area contributed by atoms with Crippen LogP contribution in [0.4, 0.5) is 5.69 Å². The molecule has 0 aliphatic heterocycles. The fourth-order valence-corrected chi connectivity index (χ4v) is 5.38. The van der Waals surface area contributed by atoms with Crippen molar-refractivity contribution in [1.82, 2.24) is 5.32 Å². The summed E-state index contributed by atoms with van der Waals surface area (Å²) >= 11 is 0. The monoisotopic (exact) mass is 426 g/mol. The van der Waals surface area contributed by atoms with Crippen molar-refractivity contribution in [3.63, 3.8) is 0 Å². The first-order valence-corrected chi connectivity index (χ1v) is 12.5. The Morgan fingerprint density at radius 1 is 1.00 bits per heavy atom. The summed E-state index contributed by atoms with van der Waals surface area (Å²) in [7, 11) is -3.64. The van der Waals surface area contributed by atoms with Crippen LogP contribution in [0.5, 0.6) is 0 Å². The maximum atomic E-state index is 12.9. The molecule has 1 fully saturated rings. The van der Waals surface area contributed by atoms with Gasteiger partial charge in [0.15, 0.2) is 0 Å². The van der Waals surface area contributed by atoms with Gasteiger partial charge in [0.25, 0.3) is 10.0 Å². The van der Waals surface area contributed by atoms with Gasteiger partial charge >= 0.3 is 0 Å². The number of anilines is 1. The van der Waals surface area contributed by atoms with Crippen LogP contribution in [0.15, 0.2) is 47.4 Å². The minimum absolute atomic E-state index is 0.0818. The Kier molecular flexibility index (Phi) is 5.87. The maximum absolute atomic E-state index is 12.9. The minimum atomic E-state index is -3.64. The van der Waals surface area contributed by atoms with E-state index in [-0.39, 0.29) is 5.91 Å². The SMILES string of the molecule is CCCCNC(=O)C1(c2ccc(NS(=O)(=O)c3ccc4c(c3)CCCC4)cc2)CC1. The van der Waals surface area contributed by atoms with E-state index in [1.165, 1.54) is 12.0 Å². The predicted molar refractivity (Wildman–Crippen MR) is 119 cm³/mol. The third-order valence-corrected chi connectivity index (χ3v) is 7.70. The van der Waals surface area contributed by atoms with Crippen molar-refractivity contribution in [2.24, 2.45) is 0 Å². The summed E-state index contributed by atoms with van der Waals surface area (Å²) in [6.45, 7) is 2.80. The second-order valence-electron chi connectivity index (χ2n) is 8.51. The molecule has 1 amide bonds. The van der Waals surface area contributed by atoms with Gasteiger partial charge in [-0.25, -0.2) is 8.42 Å². The molecule has 0 radical (unpaired) electrons. The molecule has 0 unspecified atom stereocenters. The molecule has 4 rings (SSSR count). The van der Waals surface area contributed by atoms with Gasteiger partial charge in [0.2, 0.25) is 5.91 Å². The summed E-state index contributed by atoms with van der Waals surface area (Å²) in [6, 6.07) is 12.7. The van der Waals surface area contributed by atoms with E-state index in [9.17, 15) is 13.2 Å². The van der Waals surface area contributed by atoms with Crippen LogP contribution in [0.1, 0.15) is 62.1 Å². The number of fused-ring (bicyclic) bond motifs is 1. The second-order valence-corrected chi connectivity index (χ2v) is 10.2. The molecule has 1 saturated carbocycles. The van der Waals surface area contributed by atoms with Crippen molar-refractivity contribution in [3.05, 3.63) is 59.2 Å². The van der Waals surface area contributed by atoms with Crippen LogP contribution in [0, 0.1) is 0 Å². The predicted octanol–water partition coefficient (Wildman–Crippen LogP) is 4.31. The number of unbranched alkanes of at least 4 members (excludes halogenated alkanes) is 1. The number of amides is 1. The number of carbonyl (C=O) groups excluding carboxylic acids is 1. The molecule has 2 N–H and O–H groups in total. The number of hydrogen-bond acceptors (Lipinski definition) is 3. The third kappa shape index (κ3) is 4.24. The molecule has 30 heavy (non-hydrogen) atoms. The normalized spacial score (nSPS) is 17.1. The molecular weight excluding hydrogens is 396 g/mol. The van der Waals surface area contributed by atoms with Crippen LogP contribution < -0.4 is 10.0 Å². The molecule has 0 spiro atoms. The Balaban J connectivity index is 1.46. The lowest BCUT2D eigenvalue weighted by Crippen LogP contribution is -2.35. The van der Waals surface area contributed by atoms with Gasteiger partial charge < -0.3 is 5.32 Å². The van der Waals surface area contributed by atoms with Crippen molar-refractivity contribution < 1.29 is 13.2 Å². The smallest absolute Gasteiger partial charge is 0.261 e. The third-order valence-electron chi connectivity index (χ3n) is 6.32. The molecule has 160 valence electrons. The summed E-state index contributed by atoms with van der Waals surface area (Å²) in [5.74, 6) is 0.0818. The Morgan fingerprint density at radius 2 is 1.70 bits per heavy atom. The van der Waals surface area contributed by atoms with Crippen LogP contribution in [-0.4, -0.2) is 20.9 Å². The summed E-state index contributed by atoms with van der Waals surface area (Å²) in [5, 5.41) is 3.03. The van der Waals surface area contributed by atoms with Gasteiger partial charge in [0.1, 0.15) is 0 Å². The Bertz CT molecular complexity index is 1020. The summed E-state index contributed by atoms with van der Waals surface area (Å²) in [6.07, 6.45) is 7.95. The maximum Gasteiger partial charge on any atom is 0.261 e. The highest BCUT2D eigenvalue weighted by molar-refractivity contribution is 7.92. The topological polar surface area (TPSA) is 75.3 Å². The summed E-state index contributed by atoms with van der Waals surface area (Å²) in [5.41, 5.74) is 3.43. The average Bonchev–Trinajstić information content (AvgIpc) is 3.56. The fraction of sp³-hybridized carbons (Fsp3) is 0.458. The van der Waals surface area contributed by atoms with E-state index in [2.05, 4.69) is 17.0 Å².